The molecule has 0 heterocycles. The topological polar surface area (TPSA) is 210 Å². The van der Waals surface area contributed by atoms with Crippen LogP contribution in [0.15, 0.2) is 115 Å². The van der Waals surface area contributed by atoms with Gasteiger partial charge in [0.1, 0.15) is 26.9 Å². The average Bonchev–Trinajstić information content (AvgIpc) is 2.88. The van der Waals surface area contributed by atoms with Gasteiger partial charge < -0.3 is 11.5 Å². The Balaban J connectivity index is 1.80. The Labute approximate surface area is 224 Å². The summed E-state index contributed by atoms with van der Waals surface area (Å²) < 4.78 is 66.6. The number of benzene rings is 4. The number of nitrogen functional groups attached to an aromatic ring is 2. The molecule has 0 aliphatic heterocycles. The molecule has 0 fully saturated rings. The number of azo groups is 2. The lowest BCUT2D eigenvalue weighted by Gasteiger charge is -2.11. The van der Waals surface area contributed by atoms with Crippen molar-refractivity contribution in [1.82, 2.24) is 0 Å². The van der Waals surface area contributed by atoms with Crippen LogP contribution in [0.1, 0.15) is 11.1 Å². The molecule has 0 aromatic heterocycles. The van der Waals surface area contributed by atoms with E-state index in [2.05, 4.69) is 20.5 Å². The van der Waals surface area contributed by atoms with Crippen LogP contribution in [0, 0.1) is 0 Å². The number of hydrogen-bond acceptors (Lipinski definition) is 10. The van der Waals surface area contributed by atoms with Crippen molar-refractivity contribution >= 4 is 54.4 Å². The predicted molar refractivity (Wildman–Crippen MR) is 145 cm³/mol. The molecule has 0 saturated heterocycles. The largest absolute Gasteiger partial charge is 0.396 e. The van der Waals surface area contributed by atoms with E-state index in [0.717, 1.165) is 23.3 Å². The monoisotopic (exact) mass is 566 g/mol. The summed E-state index contributed by atoms with van der Waals surface area (Å²) in [6.07, 6.45) is 0.540. The van der Waals surface area contributed by atoms with Crippen LogP contribution in [-0.2, 0) is 26.7 Å². The van der Waals surface area contributed by atoms with Crippen molar-refractivity contribution in [3.63, 3.8) is 0 Å². The molecular weight excluding hydrogens is 544 g/mol. The van der Waals surface area contributed by atoms with Crippen molar-refractivity contribution in [1.29, 1.82) is 0 Å². The number of nitrogens with two attached hydrogens (primary N) is 2. The van der Waals surface area contributed by atoms with Crippen LogP contribution in [-0.4, -0.2) is 25.9 Å². The first kappa shape index (κ1) is 27.5. The zero-order valence-electron chi connectivity index (χ0n) is 20.1. The van der Waals surface area contributed by atoms with Crippen molar-refractivity contribution in [3.05, 3.63) is 96.1 Å². The van der Waals surface area contributed by atoms with Gasteiger partial charge in [-0.3, -0.25) is 9.11 Å². The normalized spacial score (nSPS) is 12.4. The minimum absolute atomic E-state index is 0.239. The quantitative estimate of drug-likeness (QED) is 0.117. The highest BCUT2D eigenvalue weighted by Gasteiger charge is 2.23. The van der Waals surface area contributed by atoms with E-state index in [4.69, 9.17) is 11.5 Å². The Kier molecular flexibility index (Phi) is 7.83. The fraction of sp³-hybridized carbons (Fsp3) is 0.0400. The molecule has 6 N–H and O–H groups in total. The lowest BCUT2D eigenvalue weighted by atomic mass is 10.0. The van der Waals surface area contributed by atoms with Gasteiger partial charge in [0.25, 0.3) is 20.2 Å². The molecule has 0 unspecified atom stereocenters. The van der Waals surface area contributed by atoms with Gasteiger partial charge >= 0.3 is 0 Å². The minimum Gasteiger partial charge on any atom is -0.396 e. The van der Waals surface area contributed by atoms with Gasteiger partial charge in [-0.05, 0) is 41.8 Å². The van der Waals surface area contributed by atoms with Crippen LogP contribution in [0.25, 0.3) is 0 Å². The van der Waals surface area contributed by atoms with E-state index < -0.39 is 35.7 Å². The van der Waals surface area contributed by atoms with Gasteiger partial charge in [0.15, 0.2) is 0 Å². The Bertz CT molecular complexity index is 1810. The molecule has 0 atom stereocenters. The molecule has 14 heteroatoms. The van der Waals surface area contributed by atoms with Crippen LogP contribution < -0.4 is 11.5 Å². The van der Waals surface area contributed by atoms with Crippen molar-refractivity contribution in [2.75, 3.05) is 11.5 Å². The first-order valence-corrected chi connectivity index (χ1v) is 14.0. The molecule has 12 nitrogen and oxygen atoms in total. The van der Waals surface area contributed by atoms with Gasteiger partial charge in [-0.15, -0.1) is 15.3 Å². The molecule has 4 aromatic carbocycles. The summed E-state index contributed by atoms with van der Waals surface area (Å²) in [4.78, 5) is -1.28. The molecule has 0 spiro atoms. The fourth-order valence-corrected chi connectivity index (χ4v) is 4.87. The first-order chi connectivity index (χ1) is 18.4. The van der Waals surface area contributed by atoms with Crippen LogP contribution in [0.4, 0.5) is 34.1 Å². The summed E-state index contributed by atoms with van der Waals surface area (Å²) in [5.74, 6) is 0. The van der Waals surface area contributed by atoms with Gasteiger partial charge in [-0.2, -0.15) is 21.9 Å². The SMILES string of the molecule is Nc1c(/N=N/c2ccccc2S(=O)(=O)O)cc(S(=O)(=O)O)c(N)c1/N=N/c1ccccc1Cc1ccccc1. The number of rotatable bonds is 8. The molecule has 4 aromatic rings. The Morgan fingerprint density at radius 3 is 1.79 bits per heavy atom. The zero-order valence-corrected chi connectivity index (χ0v) is 21.7. The Morgan fingerprint density at radius 1 is 0.590 bits per heavy atom. The molecule has 0 aliphatic carbocycles. The van der Waals surface area contributed by atoms with E-state index in [1.54, 1.807) is 12.1 Å². The van der Waals surface area contributed by atoms with Crippen LogP contribution in [0.5, 0.6) is 0 Å². The maximum Gasteiger partial charge on any atom is 0.296 e. The van der Waals surface area contributed by atoms with E-state index in [1.807, 2.05) is 42.5 Å². The second-order valence-electron chi connectivity index (χ2n) is 8.18. The van der Waals surface area contributed by atoms with Crippen LogP contribution in [0.3, 0.4) is 0 Å². The van der Waals surface area contributed by atoms with Crippen LogP contribution in [0.2, 0.25) is 0 Å². The fourth-order valence-electron chi connectivity index (χ4n) is 3.61. The maximum atomic E-state index is 12.0. The van der Waals surface area contributed by atoms with Crippen molar-refractivity contribution < 1.29 is 25.9 Å². The van der Waals surface area contributed by atoms with Gasteiger partial charge in [-0.1, -0.05) is 60.7 Å². The zero-order chi connectivity index (χ0) is 28.2. The van der Waals surface area contributed by atoms with Crippen molar-refractivity contribution in [2.24, 2.45) is 20.5 Å². The van der Waals surface area contributed by atoms with Crippen LogP contribution >= 0.6 is 0 Å². The van der Waals surface area contributed by atoms with Gasteiger partial charge in [0.2, 0.25) is 0 Å². The number of nitrogens with zero attached hydrogens (tertiary/aromatic N) is 4. The number of anilines is 2. The summed E-state index contributed by atoms with van der Waals surface area (Å²) in [5, 5.41) is 16.0. The predicted octanol–water partition coefficient (Wildman–Crippen LogP) is 5.77. The van der Waals surface area contributed by atoms with Crippen molar-refractivity contribution in [3.8, 4) is 0 Å². The third-order valence-corrected chi connectivity index (χ3v) is 7.29. The maximum absolute atomic E-state index is 12.0. The summed E-state index contributed by atoms with van der Waals surface area (Å²) in [6.45, 7) is 0. The van der Waals surface area contributed by atoms with E-state index in [9.17, 15) is 25.9 Å². The van der Waals surface area contributed by atoms with Crippen molar-refractivity contribution in [2.45, 2.75) is 16.2 Å². The summed E-state index contributed by atoms with van der Waals surface area (Å²) in [5.41, 5.74) is 12.9. The lowest BCUT2D eigenvalue weighted by molar-refractivity contribution is 0.481. The minimum atomic E-state index is -4.86. The molecule has 0 amide bonds. The third-order valence-electron chi connectivity index (χ3n) is 5.49. The van der Waals surface area contributed by atoms with Gasteiger partial charge in [0.05, 0.1) is 17.1 Å². The molecule has 200 valence electrons. The second-order valence-corrected chi connectivity index (χ2v) is 11.0. The Morgan fingerprint density at radius 2 is 1.13 bits per heavy atom. The van der Waals surface area contributed by atoms with E-state index in [0.29, 0.717) is 12.1 Å². The molecule has 0 bridgehead atoms. The molecule has 0 aliphatic rings. The first-order valence-electron chi connectivity index (χ1n) is 11.2. The summed E-state index contributed by atoms with van der Waals surface area (Å²) >= 11 is 0. The second kappa shape index (κ2) is 11.1. The molecular formula is C25H22N6O6S2. The highest BCUT2D eigenvalue weighted by Crippen LogP contribution is 2.43. The van der Waals surface area contributed by atoms with E-state index in [1.165, 1.54) is 18.2 Å². The van der Waals surface area contributed by atoms with E-state index >= 15 is 0 Å². The van der Waals surface area contributed by atoms with Gasteiger partial charge in [0, 0.05) is 0 Å². The smallest absolute Gasteiger partial charge is 0.296 e. The lowest BCUT2D eigenvalue weighted by Crippen LogP contribution is -2.05. The third kappa shape index (κ3) is 6.50. The molecule has 0 saturated carbocycles. The standard InChI is InChI=1S/C25H22N6O6S2/c26-23-20(30-29-19-12-6-7-13-21(19)38(32,33)34)15-22(39(35,36)37)24(27)25(23)31-28-18-11-5-4-10-17(18)14-16-8-2-1-3-9-16/h1-13,15H,14,26-27H2,(H,32,33,34)(H,35,36,37)/b30-29+,31-28+. The highest BCUT2D eigenvalue weighted by molar-refractivity contribution is 7.86. The molecule has 4 rings (SSSR count). The van der Waals surface area contributed by atoms with Gasteiger partial charge in [-0.25, -0.2) is 0 Å². The number of hydrogen-bond donors (Lipinski definition) is 4. The molecule has 0 radical (unpaired) electrons. The molecule has 39 heavy (non-hydrogen) atoms. The average molecular weight is 567 g/mol. The summed E-state index contributed by atoms with van der Waals surface area (Å²) in [6, 6.07) is 22.8. The Hall–Kier alpha value is -4.50. The summed E-state index contributed by atoms with van der Waals surface area (Å²) in [7, 11) is -9.50. The van der Waals surface area contributed by atoms with E-state index in [-0.39, 0.29) is 22.7 Å². The highest BCUT2D eigenvalue weighted by atomic mass is 32.2.